The number of ether oxygens (including phenoxy) is 1. The molecule has 0 saturated carbocycles. The molecule has 0 atom stereocenters. The molecule has 2 rings (SSSR count). The van der Waals surface area contributed by atoms with Crippen LogP contribution in [0.4, 0.5) is 0 Å². The molecule has 1 heterocycles. The largest absolute Gasteiger partial charge is 0.497 e. The number of benzene rings is 1. The highest BCUT2D eigenvalue weighted by atomic mass is 16.5. The Balaban J connectivity index is 0.00000128. The predicted molar refractivity (Wildman–Crippen MR) is 66.3 cm³/mol. The Kier molecular flexibility index (Phi) is 3.90. The van der Waals surface area contributed by atoms with Gasteiger partial charge < -0.3 is 10.9 Å². The quantitative estimate of drug-likeness (QED) is 0.866. The van der Waals surface area contributed by atoms with Gasteiger partial charge in [0.15, 0.2) is 0 Å². The van der Waals surface area contributed by atoms with Crippen LogP contribution in [-0.2, 0) is 13.5 Å². The van der Waals surface area contributed by atoms with Crippen molar-refractivity contribution in [3.05, 3.63) is 23.9 Å². The number of aryl methyl sites for hydroxylation is 2. The number of nitrogens with zero attached hydrogens (tertiary/aromatic N) is 2. The summed E-state index contributed by atoms with van der Waals surface area (Å²) < 4.78 is 7.16. The molecule has 0 aliphatic rings. The molecule has 16 heavy (non-hydrogen) atoms. The van der Waals surface area contributed by atoms with Crippen LogP contribution >= 0.6 is 0 Å². The summed E-state index contributed by atoms with van der Waals surface area (Å²) in [6.45, 7) is 2.17. The molecule has 0 bridgehead atoms. The molecule has 88 valence electrons. The predicted octanol–water partition coefficient (Wildman–Crippen LogP) is 2.70. The smallest absolute Gasteiger partial charge is 0.119 e. The van der Waals surface area contributed by atoms with Crippen LogP contribution in [0.25, 0.3) is 10.9 Å². The summed E-state index contributed by atoms with van der Waals surface area (Å²) in [6, 6.07) is 6.09. The normalized spacial score (nSPS) is 10.2. The van der Waals surface area contributed by atoms with E-state index in [0.29, 0.717) is 0 Å². The van der Waals surface area contributed by atoms with E-state index in [-0.39, 0.29) is 6.15 Å². The molecule has 0 amide bonds. The maximum absolute atomic E-state index is 5.23. The lowest BCUT2D eigenvalue weighted by Crippen LogP contribution is -1.91. The zero-order valence-electron chi connectivity index (χ0n) is 10.2. The molecule has 2 aromatic rings. The number of fused-ring (bicyclic) bond motifs is 1. The average Bonchev–Trinajstić information content (AvgIpc) is 2.56. The Morgan fingerprint density at radius 2 is 2.12 bits per heavy atom. The van der Waals surface area contributed by atoms with E-state index in [0.717, 1.165) is 24.3 Å². The van der Waals surface area contributed by atoms with Crippen LogP contribution in [0.2, 0.25) is 0 Å². The second kappa shape index (κ2) is 4.99. The molecule has 0 unspecified atom stereocenters. The first kappa shape index (κ1) is 12.5. The molecule has 0 saturated heterocycles. The minimum absolute atomic E-state index is 0. The molecule has 0 fully saturated rings. The first-order chi connectivity index (χ1) is 7.26. The average molecular weight is 221 g/mol. The topological polar surface area (TPSA) is 62.0 Å². The van der Waals surface area contributed by atoms with E-state index < -0.39 is 0 Å². The van der Waals surface area contributed by atoms with Crippen molar-refractivity contribution in [2.75, 3.05) is 7.11 Å². The summed E-state index contributed by atoms with van der Waals surface area (Å²) in [6.07, 6.45) is 2.13. The third-order valence-corrected chi connectivity index (χ3v) is 2.62. The lowest BCUT2D eigenvalue weighted by molar-refractivity contribution is 0.415. The van der Waals surface area contributed by atoms with Gasteiger partial charge in [-0.3, -0.25) is 4.68 Å². The number of hydrogen-bond acceptors (Lipinski definition) is 3. The minimum Gasteiger partial charge on any atom is -0.497 e. The van der Waals surface area contributed by atoms with E-state index in [2.05, 4.69) is 24.2 Å². The summed E-state index contributed by atoms with van der Waals surface area (Å²) in [5, 5.41) is 5.72. The van der Waals surface area contributed by atoms with Gasteiger partial charge in [-0.25, -0.2) is 0 Å². The molecular formula is C12H19N3O. The van der Waals surface area contributed by atoms with Crippen LogP contribution in [0, 0.1) is 0 Å². The fourth-order valence-corrected chi connectivity index (χ4v) is 1.87. The maximum Gasteiger partial charge on any atom is 0.119 e. The molecule has 3 N–H and O–H groups in total. The first-order valence-electron chi connectivity index (χ1n) is 5.26. The van der Waals surface area contributed by atoms with Gasteiger partial charge in [0.1, 0.15) is 5.75 Å². The second-order valence-corrected chi connectivity index (χ2v) is 3.70. The van der Waals surface area contributed by atoms with Crippen LogP contribution in [0.5, 0.6) is 5.75 Å². The Morgan fingerprint density at radius 3 is 2.75 bits per heavy atom. The summed E-state index contributed by atoms with van der Waals surface area (Å²) in [7, 11) is 3.67. The lowest BCUT2D eigenvalue weighted by atomic mass is 10.1. The monoisotopic (exact) mass is 221 g/mol. The van der Waals surface area contributed by atoms with Crippen molar-refractivity contribution in [1.29, 1.82) is 0 Å². The van der Waals surface area contributed by atoms with Crippen LogP contribution < -0.4 is 10.9 Å². The lowest BCUT2D eigenvalue weighted by Gasteiger charge is -2.00. The van der Waals surface area contributed by atoms with E-state index in [1.807, 2.05) is 17.8 Å². The standard InChI is InChI=1S/C12H16N2O.H3N/c1-4-5-11-10-8-9(15-3)6-7-12(10)14(2)13-11;/h6-8H,4-5H2,1-3H3;1H3. The molecule has 0 aliphatic carbocycles. The highest BCUT2D eigenvalue weighted by Crippen LogP contribution is 2.24. The zero-order chi connectivity index (χ0) is 10.8. The maximum atomic E-state index is 5.23. The van der Waals surface area contributed by atoms with Gasteiger partial charge in [0, 0.05) is 12.4 Å². The Labute approximate surface area is 95.8 Å². The van der Waals surface area contributed by atoms with Crippen molar-refractivity contribution in [3.8, 4) is 5.75 Å². The van der Waals surface area contributed by atoms with Crippen molar-refractivity contribution in [1.82, 2.24) is 15.9 Å². The van der Waals surface area contributed by atoms with Gasteiger partial charge in [0.05, 0.1) is 18.3 Å². The Morgan fingerprint density at radius 1 is 1.38 bits per heavy atom. The zero-order valence-corrected chi connectivity index (χ0v) is 10.2. The van der Waals surface area contributed by atoms with Gasteiger partial charge in [-0.2, -0.15) is 5.10 Å². The second-order valence-electron chi connectivity index (χ2n) is 3.70. The van der Waals surface area contributed by atoms with Crippen molar-refractivity contribution in [2.24, 2.45) is 7.05 Å². The van der Waals surface area contributed by atoms with E-state index >= 15 is 0 Å². The van der Waals surface area contributed by atoms with Crippen molar-refractivity contribution >= 4 is 10.9 Å². The fraction of sp³-hybridized carbons (Fsp3) is 0.417. The van der Waals surface area contributed by atoms with E-state index in [9.17, 15) is 0 Å². The summed E-state index contributed by atoms with van der Waals surface area (Å²) in [4.78, 5) is 0. The van der Waals surface area contributed by atoms with Crippen LogP contribution in [0.3, 0.4) is 0 Å². The molecular weight excluding hydrogens is 202 g/mol. The molecule has 1 aromatic carbocycles. The molecule has 0 aliphatic heterocycles. The number of rotatable bonds is 3. The van der Waals surface area contributed by atoms with Crippen molar-refractivity contribution < 1.29 is 4.74 Å². The van der Waals surface area contributed by atoms with Crippen LogP contribution in [0.1, 0.15) is 19.0 Å². The molecule has 4 nitrogen and oxygen atoms in total. The molecule has 0 spiro atoms. The van der Waals surface area contributed by atoms with Crippen LogP contribution in [0.15, 0.2) is 18.2 Å². The van der Waals surface area contributed by atoms with Gasteiger partial charge >= 0.3 is 0 Å². The SMILES string of the molecule is CCCc1nn(C)c2ccc(OC)cc12.N. The summed E-state index contributed by atoms with van der Waals surface area (Å²) in [5.74, 6) is 0.896. The van der Waals surface area contributed by atoms with Gasteiger partial charge in [-0.15, -0.1) is 0 Å². The minimum atomic E-state index is 0. The van der Waals surface area contributed by atoms with Gasteiger partial charge in [-0.1, -0.05) is 13.3 Å². The number of methoxy groups -OCH3 is 1. The van der Waals surface area contributed by atoms with E-state index in [1.165, 1.54) is 10.9 Å². The van der Waals surface area contributed by atoms with Crippen molar-refractivity contribution in [2.45, 2.75) is 19.8 Å². The van der Waals surface area contributed by atoms with E-state index in [1.54, 1.807) is 7.11 Å². The third kappa shape index (κ3) is 2.02. The van der Waals surface area contributed by atoms with Crippen LogP contribution in [-0.4, -0.2) is 16.9 Å². The molecule has 0 radical (unpaired) electrons. The van der Waals surface area contributed by atoms with Gasteiger partial charge in [0.2, 0.25) is 0 Å². The Hall–Kier alpha value is -1.55. The highest BCUT2D eigenvalue weighted by Gasteiger charge is 2.08. The van der Waals surface area contributed by atoms with Gasteiger partial charge in [0.25, 0.3) is 0 Å². The van der Waals surface area contributed by atoms with E-state index in [4.69, 9.17) is 4.74 Å². The summed E-state index contributed by atoms with van der Waals surface area (Å²) in [5.41, 5.74) is 2.33. The summed E-state index contributed by atoms with van der Waals surface area (Å²) >= 11 is 0. The fourth-order valence-electron chi connectivity index (χ4n) is 1.87. The Bertz CT molecular complexity index is 476. The number of aromatic nitrogens is 2. The molecule has 4 heteroatoms. The highest BCUT2D eigenvalue weighted by molar-refractivity contribution is 5.83. The first-order valence-corrected chi connectivity index (χ1v) is 5.26. The third-order valence-electron chi connectivity index (χ3n) is 2.62. The molecule has 1 aromatic heterocycles. The van der Waals surface area contributed by atoms with Crippen molar-refractivity contribution in [3.63, 3.8) is 0 Å². The number of hydrogen-bond donors (Lipinski definition) is 1. The van der Waals surface area contributed by atoms with Gasteiger partial charge in [-0.05, 0) is 24.6 Å².